The molecule has 0 spiro atoms. The maximum Gasteiger partial charge on any atom is 0.127 e. The highest BCUT2D eigenvalue weighted by atomic mass is 19.1. The molecule has 3 nitrogen and oxygen atoms in total. The van der Waals surface area contributed by atoms with Gasteiger partial charge in [0, 0.05) is 25.1 Å². The summed E-state index contributed by atoms with van der Waals surface area (Å²) in [7, 11) is 0. The number of aryl methyl sites for hydroxylation is 2. The van der Waals surface area contributed by atoms with Crippen LogP contribution in [0.5, 0.6) is 0 Å². The highest BCUT2D eigenvalue weighted by molar-refractivity contribution is 5.77. The number of aromatic amines is 1. The summed E-state index contributed by atoms with van der Waals surface area (Å²) in [5.41, 5.74) is 5.29. The summed E-state index contributed by atoms with van der Waals surface area (Å²) in [5, 5.41) is 3.26. The predicted molar refractivity (Wildman–Crippen MR) is 87.4 cm³/mol. The molecule has 0 amide bonds. The number of halogens is 1. The Hall–Kier alpha value is -2.20. The summed E-state index contributed by atoms with van der Waals surface area (Å²) in [4.78, 5) is 7.96. The number of benzene rings is 2. The van der Waals surface area contributed by atoms with Crippen LogP contribution in [0.15, 0.2) is 36.4 Å². The van der Waals surface area contributed by atoms with Gasteiger partial charge in [-0.1, -0.05) is 18.2 Å². The normalized spacial score (nSPS) is 11.2. The topological polar surface area (TPSA) is 40.7 Å². The number of H-pyrrole nitrogens is 1. The van der Waals surface area contributed by atoms with Crippen molar-refractivity contribution in [1.82, 2.24) is 15.3 Å². The minimum absolute atomic E-state index is 0.162. The molecule has 3 aromatic rings. The summed E-state index contributed by atoms with van der Waals surface area (Å²) < 4.78 is 13.5. The SMILES string of the molecule is Cc1cc2nc(CCNCc3ccccc3F)[nH]c2cc1C. The molecule has 0 aliphatic carbocycles. The van der Waals surface area contributed by atoms with Crippen molar-refractivity contribution < 1.29 is 4.39 Å². The predicted octanol–water partition coefficient (Wildman–Crippen LogP) is 3.65. The maximum absolute atomic E-state index is 13.5. The standard InChI is InChI=1S/C18H20FN3/c1-12-9-16-17(10-13(12)2)22-18(21-16)7-8-20-11-14-5-3-4-6-15(14)19/h3-6,9-10,20H,7-8,11H2,1-2H3,(H,21,22). The van der Waals surface area contributed by atoms with E-state index in [1.54, 1.807) is 12.1 Å². The second kappa shape index (κ2) is 6.28. The lowest BCUT2D eigenvalue weighted by Crippen LogP contribution is -2.17. The van der Waals surface area contributed by atoms with E-state index in [1.165, 1.54) is 17.2 Å². The molecule has 22 heavy (non-hydrogen) atoms. The van der Waals surface area contributed by atoms with Crippen LogP contribution < -0.4 is 5.32 Å². The summed E-state index contributed by atoms with van der Waals surface area (Å²) >= 11 is 0. The second-order valence-corrected chi connectivity index (χ2v) is 5.66. The van der Waals surface area contributed by atoms with Gasteiger partial charge >= 0.3 is 0 Å². The molecule has 0 atom stereocenters. The highest BCUT2D eigenvalue weighted by Crippen LogP contribution is 2.17. The number of nitrogens with zero attached hydrogens (tertiary/aromatic N) is 1. The van der Waals surface area contributed by atoms with Gasteiger partial charge in [0.1, 0.15) is 11.6 Å². The van der Waals surface area contributed by atoms with Gasteiger partial charge in [0.25, 0.3) is 0 Å². The van der Waals surface area contributed by atoms with Crippen LogP contribution in [0.1, 0.15) is 22.5 Å². The highest BCUT2D eigenvalue weighted by Gasteiger charge is 2.05. The molecule has 0 saturated heterocycles. The largest absolute Gasteiger partial charge is 0.342 e. The van der Waals surface area contributed by atoms with Crippen LogP contribution in [-0.2, 0) is 13.0 Å². The Morgan fingerprint density at radius 1 is 1.14 bits per heavy atom. The average Bonchev–Trinajstić information content (AvgIpc) is 2.87. The van der Waals surface area contributed by atoms with Gasteiger partial charge in [0.2, 0.25) is 0 Å². The van der Waals surface area contributed by atoms with Crippen LogP contribution in [0, 0.1) is 19.7 Å². The van der Waals surface area contributed by atoms with E-state index < -0.39 is 0 Å². The third-order valence-electron chi connectivity index (χ3n) is 3.96. The summed E-state index contributed by atoms with van der Waals surface area (Å²) in [6, 6.07) is 11.1. The van der Waals surface area contributed by atoms with Crippen LogP contribution in [0.3, 0.4) is 0 Å². The first-order valence-corrected chi connectivity index (χ1v) is 7.53. The molecule has 114 valence electrons. The van der Waals surface area contributed by atoms with Crippen LogP contribution in [0.2, 0.25) is 0 Å². The van der Waals surface area contributed by atoms with Crippen molar-refractivity contribution in [2.75, 3.05) is 6.54 Å². The maximum atomic E-state index is 13.5. The number of hydrogen-bond donors (Lipinski definition) is 2. The lowest BCUT2D eigenvalue weighted by molar-refractivity contribution is 0.587. The molecule has 0 fully saturated rings. The molecule has 1 heterocycles. The van der Waals surface area contributed by atoms with Gasteiger partial charge in [-0.15, -0.1) is 0 Å². The van der Waals surface area contributed by atoms with Gasteiger partial charge in [-0.05, 0) is 43.2 Å². The van der Waals surface area contributed by atoms with Crippen molar-refractivity contribution in [3.63, 3.8) is 0 Å². The monoisotopic (exact) mass is 297 g/mol. The quantitative estimate of drug-likeness (QED) is 0.706. The first kappa shape index (κ1) is 14.7. The first-order chi connectivity index (χ1) is 10.6. The molecule has 0 bridgehead atoms. The van der Waals surface area contributed by atoms with Crippen LogP contribution in [0.4, 0.5) is 4.39 Å². The zero-order valence-corrected chi connectivity index (χ0v) is 12.9. The van der Waals surface area contributed by atoms with Gasteiger partial charge in [-0.25, -0.2) is 9.37 Å². The van der Waals surface area contributed by atoms with Crippen molar-refractivity contribution in [2.45, 2.75) is 26.8 Å². The molecule has 3 rings (SSSR count). The molecular weight excluding hydrogens is 277 g/mol. The van der Waals surface area contributed by atoms with Crippen LogP contribution >= 0.6 is 0 Å². The van der Waals surface area contributed by atoms with E-state index in [0.29, 0.717) is 12.1 Å². The van der Waals surface area contributed by atoms with Crippen molar-refractivity contribution in [2.24, 2.45) is 0 Å². The molecule has 2 N–H and O–H groups in total. The van der Waals surface area contributed by atoms with Crippen molar-refractivity contribution in [3.8, 4) is 0 Å². The lowest BCUT2D eigenvalue weighted by Gasteiger charge is -2.04. The fourth-order valence-corrected chi connectivity index (χ4v) is 2.51. The van der Waals surface area contributed by atoms with Crippen LogP contribution in [0.25, 0.3) is 11.0 Å². The minimum Gasteiger partial charge on any atom is -0.342 e. The van der Waals surface area contributed by atoms with E-state index in [0.717, 1.165) is 29.8 Å². The Balaban J connectivity index is 1.59. The summed E-state index contributed by atoms with van der Waals surface area (Å²) in [6.07, 6.45) is 0.793. The minimum atomic E-state index is -0.162. The van der Waals surface area contributed by atoms with Gasteiger partial charge in [-0.2, -0.15) is 0 Å². The van der Waals surface area contributed by atoms with E-state index in [1.807, 2.05) is 6.07 Å². The average molecular weight is 297 g/mol. The number of imidazole rings is 1. The summed E-state index contributed by atoms with van der Waals surface area (Å²) in [5.74, 6) is 0.797. The molecule has 0 aliphatic heterocycles. The molecule has 0 saturated carbocycles. The molecule has 1 aromatic heterocycles. The number of hydrogen-bond acceptors (Lipinski definition) is 2. The Bertz CT molecular complexity index is 753. The van der Waals surface area contributed by atoms with Gasteiger partial charge in [-0.3, -0.25) is 0 Å². The third kappa shape index (κ3) is 3.17. The molecule has 0 unspecified atom stereocenters. The Labute approximate surface area is 129 Å². The molecule has 0 radical (unpaired) electrons. The number of fused-ring (bicyclic) bond motifs is 1. The smallest absolute Gasteiger partial charge is 0.127 e. The van der Waals surface area contributed by atoms with E-state index >= 15 is 0 Å². The fourth-order valence-electron chi connectivity index (χ4n) is 2.51. The van der Waals surface area contributed by atoms with E-state index in [-0.39, 0.29) is 5.82 Å². The van der Waals surface area contributed by atoms with Gasteiger partial charge < -0.3 is 10.3 Å². The van der Waals surface area contributed by atoms with Crippen molar-refractivity contribution >= 4 is 11.0 Å². The van der Waals surface area contributed by atoms with Crippen molar-refractivity contribution in [1.29, 1.82) is 0 Å². The van der Waals surface area contributed by atoms with E-state index in [2.05, 4.69) is 41.3 Å². The molecule has 0 aliphatic rings. The zero-order valence-electron chi connectivity index (χ0n) is 12.9. The number of nitrogens with one attached hydrogen (secondary N) is 2. The third-order valence-corrected chi connectivity index (χ3v) is 3.96. The Kier molecular flexibility index (Phi) is 4.20. The van der Waals surface area contributed by atoms with Gasteiger partial charge in [0.05, 0.1) is 11.0 Å². The Morgan fingerprint density at radius 2 is 1.91 bits per heavy atom. The first-order valence-electron chi connectivity index (χ1n) is 7.53. The van der Waals surface area contributed by atoms with E-state index in [9.17, 15) is 4.39 Å². The molecular formula is C18H20FN3. The van der Waals surface area contributed by atoms with Gasteiger partial charge in [0.15, 0.2) is 0 Å². The molecule has 4 heteroatoms. The lowest BCUT2D eigenvalue weighted by atomic mass is 10.1. The number of aromatic nitrogens is 2. The Morgan fingerprint density at radius 3 is 2.73 bits per heavy atom. The number of rotatable bonds is 5. The second-order valence-electron chi connectivity index (χ2n) is 5.66. The fraction of sp³-hybridized carbons (Fsp3) is 0.278. The molecule has 2 aromatic carbocycles. The van der Waals surface area contributed by atoms with Crippen LogP contribution in [-0.4, -0.2) is 16.5 Å². The van der Waals surface area contributed by atoms with E-state index in [4.69, 9.17) is 0 Å². The summed E-state index contributed by atoms with van der Waals surface area (Å²) in [6.45, 7) is 5.49. The van der Waals surface area contributed by atoms with Crippen molar-refractivity contribution in [3.05, 3.63) is 64.7 Å². The zero-order chi connectivity index (χ0) is 15.5.